The number of nitrogens with one attached hydrogen (secondary N) is 1. The molecule has 0 spiro atoms. The van der Waals surface area contributed by atoms with E-state index >= 15 is 0 Å². The van der Waals surface area contributed by atoms with Crippen LogP contribution in [0, 0.1) is 0 Å². The number of para-hydroxylation sites is 1. The highest BCUT2D eigenvalue weighted by Gasteiger charge is 2.24. The molecule has 1 heterocycles. The number of hydrogen-bond donors (Lipinski definition) is 1. The van der Waals surface area contributed by atoms with Crippen molar-refractivity contribution in [2.75, 3.05) is 12.0 Å². The molecule has 0 aromatic heterocycles. The molecule has 0 bridgehead atoms. The van der Waals surface area contributed by atoms with Gasteiger partial charge >= 0.3 is 0 Å². The number of carbonyl (C=O) groups is 1. The van der Waals surface area contributed by atoms with Gasteiger partial charge in [-0.3, -0.25) is 10.1 Å². The molecule has 0 amide bonds. The van der Waals surface area contributed by atoms with Gasteiger partial charge in [-0.2, -0.15) is 0 Å². The lowest BCUT2D eigenvalue weighted by molar-refractivity contribution is -0.109. The zero-order valence-electron chi connectivity index (χ0n) is 12.0. The number of aldehydes is 1. The molecule has 0 fully saturated rings. The molecule has 1 aliphatic heterocycles. The summed E-state index contributed by atoms with van der Waals surface area (Å²) in [6.07, 6.45) is 0.668. The molecule has 0 saturated heterocycles. The Bertz CT molecular complexity index is 625. The predicted molar refractivity (Wildman–Crippen MR) is 82.3 cm³/mol. The van der Waals surface area contributed by atoms with E-state index in [9.17, 15) is 4.79 Å². The molecular formula is C17H18N2O2. The third-order valence-corrected chi connectivity index (χ3v) is 3.78. The molecule has 2 aromatic rings. The van der Waals surface area contributed by atoms with Crippen LogP contribution in [-0.4, -0.2) is 19.6 Å². The van der Waals surface area contributed by atoms with Crippen LogP contribution in [-0.2, 0) is 17.9 Å². The number of fused-ring (bicyclic) bond motifs is 1. The Labute approximate surface area is 124 Å². The van der Waals surface area contributed by atoms with Crippen LogP contribution in [0.25, 0.3) is 0 Å². The quantitative estimate of drug-likeness (QED) is 0.874. The molecule has 0 saturated carbocycles. The summed E-state index contributed by atoms with van der Waals surface area (Å²) in [6.45, 7) is 1.40. The van der Waals surface area contributed by atoms with E-state index in [1.54, 1.807) is 7.11 Å². The van der Waals surface area contributed by atoms with E-state index in [0.29, 0.717) is 6.54 Å². The number of ether oxygens (including phenoxy) is 1. The zero-order valence-corrected chi connectivity index (χ0v) is 12.0. The number of anilines is 1. The third-order valence-electron chi connectivity index (χ3n) is 3.78. The van der Waals surface area contributed by atoms with Crippen molar-refractivity contribution in [2.45, 2.75) is 19.3 Å². The minimum Gasteiger partial charge on any atom is -0.497 e. The Balaban J connectivity index is 1.89. The van der Waals surface area contributed by atoms with Gasteiger partial charge < -0.3 is 9.64 Å². The van der Waals surface area contributed by atoms with Gasteiger partial charge in [0.25, 0.3) is 0 Å². The van der Waals surface area contributed by atoms with Gasteiger partial charge in [-0.05, 0) is 29.3 Å². The molecule has 1 atom stereocenters. The minimum absolute atomic E-state index is 0.290. The zero-order chi connectivity index (χ0) is 14.7. The standard InChI is InChI=1S/C17H18N2O2/c1-21-15-8-6-13(7-9-15)11-19-16-5-3-2-4-14(16)10-18-17(19)12-20/h2-9,12,17-18H,10-11H2,1H3. The lowest BCUT2D eigenvalue weighted by Gasteiger charge is -2.36. The molecule has 108 valence electrons. The maximum absolute atomic E-state index is 11.3. The van der Waals surface area contributed by atoms with E-state index in [-0.39, 0.29) is 6.17 Å². The number of rotatable bonds is 4. The summed E-state index contributed by atoms with van der Waals surface area (Å²) < 4.78 is 5.18. The monoisotopic (exact) mass is 282 g/mol. The summed E-state index contributed by atoms with van der Waals surface area (Å²) in [5.74, 6) is 0.836. The molecule has 2 aromatic carbocycles. The van der Waals surface area contributed by atoms with Gasteiger partial charge in [0, 0.05) is 18.8 Å². The summed E-state index contributed by atoms with van der Waals surface area (Å²) in [7, 11) is 1.65. The second-order valence-corrected chi connectivity index (χ2v) is 5.07. The first kappa shape index (κ1) is 13.6. The van der Waals surface area contributed by atoms with E-state index in [4.69, 9.17) is 4.74 Å². The number of methoxy groups -OCH3 is 1. The first-order valence-corrected chi connectivity index (χ1v) is 6.98. The topological polar surface area (TPSA) is 41.6 Å². The van der Waals surface area contributed by atoms with Crippen LogP contribution in [0.15, 0.2) is 48.5 Å². The highest BCUT2D eigenvalue weighted by molar-refractivity contribution is 5.69. The second-order valence-electron chi connectivity index (χ2n) is 5.07. The normalized spacial score (nSPS) is 17.2. The second kappa shape index (κ2) is 5.97. The van der Waals surface area contributed by atoms with Crippen LogP contribution in [0.2, 0.25) is 0 Å². The summed E-state index contributed by atoms with van der Waals surface area (Å²) in [5.41, 5.74) is 3.47. The van der Waals surface area contributed by atoms with Crippen molar-refractivity contribution in [2.24, 2.45) is 0 Å². The Morgan fingerprint density at radius 3 is 2.71 bits per heavy atom. The van der Waals surface area contributed by atoms with Crippen LogP contribution in [0.3, 0.4) is 0 Å². The van der Waals surface area contributed by atoms with E-state index < -0.39 is 0 Å². The largest absolute Gasteiger partial charge is 0.497 e. The SMILES string of the molecule is COc1ccc(CN2c3ccccc3CNC2C=O)cc1. The van der Waals surface area contributed by atoms with Gasteiger partial charge in [0.2, 0.25) is 0 Å². The van der Waals surface area contributed by atoms with Crippen molar-refractivity contribution >= 4 is 12.0 Å². The van der Waals surface area contributed by atoms with E-state index in [1.165, 1.54) is 5.56 Å². The summed E-state index contributed by atoms with van der Waals surface area (Å²) in [4.78, 5) is 13.4. The molecule has 0 aliphatic carbocycles. The Hall–Kier alpha value is -2.33. The van der Waals surface area contributed by atoms with E-state index in [1.807, 2.05) is 36.4 Å². The molecule has 3 rings (SSSR count). The van der Waals surface area contributed by atoms with Crippen molar-refractivity contribution in [1.82, 2.24) is 5.32 Å². The number of nitrogens with zero attached hydrogens (tertiary/aromatic N) is 1. The molecule has 1 N–H and O–H groups in total. The molecule has 4 heteroatoms. The van der Waals surface area contributed by atoms with Crippen LogP contribution in [0.4, 0.5) is 5.69 Å². The van der Waals surface area contributed by atoms with Crippen molar-refractivity contribution in [3.8, 4) is 5.75 Å². The molecular weight excluding hydrogens is 264 g/mol. The first-order valence-electron chi connectivity index (χ1n) is 6.98. The fourth-order valence-corrected chi connectivity index (χ4v) is 2.65. The number of carbonyl (C=O) groups excluding carboxylic acids is 1. The van der Waals surface area contributed by atoms with Gasteiger partial charge in [-0.1, -0.05) is 30.3 Å². The van der Waals surface area contributed by atoms with Crippen molar-refractivity contribution < 1.29 is 9.53 Å². The average molecular weight is 282 g/mol. The van der Waals surface area contributed by atoms with Gasteiger partial charge in [0.05, 0.1) is 7.11 Å². The Morgan fingerprint density at radius 2 is 2.00 bits per heavy atom. The molecule has 0 radical (unpaired) electrons. The Kier molecular flexibility index (Phi) is 3.88. The van der Waals surface area contributed by atoms with Crippen LogP contribution in [0.1, 0.15) is 11.1 Å². The van der Waals surface area contributed by atoms with Crippen LogP contribution in [0.5, 0.6) is 5.75 Å². The fraction of sp³-hybridized carbons (Fsp3) is 0.235. The highest BCUT2D eigenvalue weighted by Crippen LogP contribution is 2.27. The van der Waals surface area contributed by atoms with Crippen LogP contribution >= 0.6 is 0 Å². The van der Waals surface area contributed by atoms with Crippen molar-refractivity contribution in [3.05, 3.63) is 59.7 Å². The minimum atomic E-state index is -0.290. The fourth-order valence-electron chi connectivity index (χ4n) is 2.65. The molecule has 1 aliphatic rings. The van der Waals surface area contributed by atoms with Gasteiger partial charge in [0.15, 0.2) is 6.29 Å². The average Bonchev–Trinajstić information content (AvgIpc) is 2.56. The Morgan fingerprint density at radius 1 is 1.24 bits per heavy atom. The summed E-state index contributed by atoms with van der Waals surface area (Å²) in [6, 6.07) is 16.1. The maximum atomic E-state index is 11.3. The third kappa shape index (κ3) is 2.76. The maximum Gasteiger partial charge on any atom is 0.157 e. The summed E-state index contributed by atoms with van der Waals surface area (Å²) >= 11 is 0. The summed E-state index contributed by atoms with van der Waals surface area (Å²) in [5, 5.41) is 3.25. The van der Waals surface area contributed by atoms with Crippen molar-refractivity contribution in [1.29, 1.82) is 0 Å². The van der Waals surface area contributed by atoms with Crippen molar-refractivity contribution in [3.63, 3.8) is 0 Å². The predicted octanol–water partition coefficient (Wildman–Crippen LogP) is 2.33. The van der Waals surface area contributed by atoms with Crippen LogP contribution < -0.4 is 15.0 Å². The highest BCUT2D eigenvalue weighted by atomic mass is 16.5. The smallest absolute Gasteiger partial charge is 0.157 e. The molecule has 21 heavy (non-hydrogen) atoms. The molecule has 1 unspecified atom stereocenters. The molecule has 4 nitrogen and oxygen atoms in total. The lowest BCUT2D eigenvalue weighted by atomic mass is 10.1. The van der Waals surface area contributed by atoms with Gasteiger partial charge in [-0.15, -0.1) is 0 Å². The number of hydrogen-bond acceptors (Lipinski definition) is 4. The van der Waals surface area contributed by atoms with E-state index in [2.05, 4.69) is 22.3 Å². The van der Waals surface area contributed by atoms with Gasteiger partial charge in [0.1, 0.15) is 11.9 Å². The first-order chi connectivity index (χ1) is 10.3. The van der Waals surface area contributed by atoms with Gasteiger partial charge in [-0.25, -0.2) is 0 Å². The lowest BCUT2D eigenvalue weighted by Crippen LogP contribution is -2.50. The number of benzene rings is 2. The van der Waals surface area contributed by atoms with E-state index in [0.717, 1.165) is 29.8 Å².